The molecule has 1 aliphatic rings. The van der Waals surface area contributed by atoms with E-state index >= 15 is 0 Å². The second-order valence-electron chi connectivity index (χ2n) is 7.11. The molecular weight excluding hydrogens is 490 g/mol. The molecule has 33 heavy (non-hydrogen) atoms. The predicted molar refractivity (Wildman–Crippen MR) is 127 cm³/mol. The zero-order chi connectivity index (χ0) is 23.4. The monoisotopic (exact) mass is 509 g/mol. The Labute approximate surface area is 198 Å². The van der Waals surface area contributed by atoms with Gasteiger partial charge in [0.05, 0.1) is 22.3 Å². The van der Waals surface area contributed by atoms with E-state index in [0.29, 0.717) is 39.6 Å². The number of hydrogen-bond donors (Lipinski definition) is 2. The number of rotatable bonds is 7. The van der Waals surface area contributed by atoms with Crippen molar-refractivity contribution < 1.29 is 28.9 Å². The Morgan fingerprint density at radius 2 is 1.88 bits per heavy atom. The van der Waals surface area contributed by atoms with Crippen LogP contribution in [0.4, 0.5) is 5.69 Å². The summed E-state index contributed by atoms with van der Waals surface area (Å²) in [5, 5.41) is 11.9. The summed E-state index contributed by atoms with van der Waals surface area (Å²) in [5.74, 6) is 0.384. The first-order valence-corrected chi connectivity index (χ1v) is 10.9. The largest absolute Gasteiger partial charge is 0.489 e. The van der Waals surface area contributed by atoms with Crippen LogP contribution in [0.2, 0.25) is 0 Å². The lowest BCUT2D eigenvalue weighted by Gasteiger charge is -2.20. The van der Waals surface area contributed by atoms with Gasteiger partial charge >= 0.3 is 5.97 Å². The normalized spacial score (nSPS) is 13.6. The number of benzene rings is 3. The minimum Gasteiger partial charge on any atom is -0.489 e. The summed E-state index contributed by atoms with van der Waals surface area (Å²) < 4.78 is 18.2. The summed E-state index contributed by atoms with van der Waals surface area (Å²) >= 11 is 3.52. The third-order valence-corrected chi connectivity index (χ3v) is 5.38. The van der Waals surface area contributed by atoms with Crippen molar-refractivity contribution in [1.29, 1.82) is 0 Å². The number of ether oxygens (including phenoxy) is 3. The van der Waals surface area contributed by atoms with E-state index in [2.05, 4.69) is 21.2 Å². The quantitative estimate of drug-likeness (QED) is 0.408. The Hall–Kier alpha value is -3.78. The van der Waals surface area contributed by atoms with Crippen LogP contribution in [0, 0.1) is 0 Å². The summed E-state index contributed by atoms with van der Waals surface area (Å²) in [7, 11) is 0. The Kier molecular flexibility index (Phi) is 6.65. The van der Waals surface area contributed by atoms with E-state index in [1.807, 2.05) is 25.1 Å². The number of halogens is 1. The van der Waals surface area contributed by atoms with Crippen molar-refractivity contribution in [3.8, 4) is 17.2 Å². The SMILES string of the molecule is CCOc1c(Br)cc(/C=C2/Oc3ccccc3NC2=O)cc1OCc1ccc(C(=O)O)cc1. The van der Waals surface area contributed by atoms with E-state index in [1.54, 1.807) is 36.4 Å². The number of amides is 1. The molecule has 0 aliphatic carbocycles. The molecule has 1 amide bonds. The molecular formula is C25H20BrNO6. The standard InChI is InChI=1S/C25H20BrNO6/c1-2-31-23-18(26)11-16(13-22-24(28)27-19-5-3-4-6-20(19)33-22)12-21(23)32-14-15-7-9-17(10-8-15)25(29)30/h3-13H,2,14H2,1H3,(H,27,28)(H,29,30)/b22-13+. The van der Waals surface area contributed by atoms with Gasteiger partial charge in [-0.25, -0.2) is 4.79 Å². The number of carboxylic acids is 1. The van der Waals surface area contributed by atoms with Gasteiger partial charge in [0, 0.05) is 0 Å². The zero-order valence-electron chi connectivity index (χ0n) is 17.6. The molecule has 7 nitrogen and oxygen atoms in total. The topological polar surface area (TPSA) is 94.1 Å². The van der Waals surface area contributed by atoms with Crippen LogP contribution in [0.3, 0.4) is 0 Å². The number of carboxylic acid groups (broad SMARTS) is 1. The highest BCUT2D eigenvalue weighted by Gasteiger charge is 2.22. The maximum Gasteiger partial charge on any atom is 0.335 e. The van der Waals surface area contributed by atoms with Crippen LogP contribution in [0.25, 0.3) is 6.08 Å². The van der Waals surface area contributed by atoms with E-state index in [9.17, 15) is 9.59 Å². The van der Waals surface area contributed by atoms with Crippen LogP contribution in [0.15, 0.2) is 70.9 Å². The molecule has 1 heterocycles. The number of fused-ring (bicyclic) bond motifs is 1. The molecule has 3 aromatic rings. The van der Waals surface area contributed by atoms with E-state index in [1.165, 1.54) is 12.1 Å². The number of hydrogen-bond acceptors (Lipinski definition) is 5. The van der Waals surface area contributed by atoms with Crippen LogP contribution < -0.4 is 19.5 Å². The third kappa shape index (κ3) is 5.18. The summed E-state index contributed by atoms with van der Waals surface area (Å²) in [6, 6.07) is 17.2. The first kappa shape index (κ1) is 22.4. The van der Waals surface area contributed by atoms with Crippen molar-refractivity contribution in [1.82, 2.24) is 0 Å². The molecule has 0 saturated heterocycles. The minimum absolute atomic E-state index is 0.153. The molecule has 168 valence electrons. The number of carbonyl (C=O) groups excluding carboxylic acids is 1. The number of para-hydroxylation sites is 2. The molecule has 2 N–H and O–H groups in total. The Balaban J connectivity index is 1.60. The maximum atomic E-state index is 12.5. The number of carbonyl (C=O) groups is 2. The Morgan fingerprint density at radius 3 is 2.61 bits per heavy atom. The molecule has 0 spiro atoms. The average Bonchev–Trinajstić information content (AvgIpc) is 2.80. The molecule has 0 fully saturated rings. The molecule has 0 aromatic heterocycles. The third-order valence-electron chi connectivity index (χ3n) is 4.79. The predicted octanol–water partition coefficient (Wildman–Crippen LogP) is 5.50. The van der Waals surface area contributed by atoms with Crippen molar-refractivity contribution in [3.05, 3.63) is 87.6 Å². The van der Waals surface area contributed by atoms with E-state index in [0.717, 1.165) is 5.56 Å². The summed E-state index contributed by atoms with van der Waals surface area (Å²) in [6.45, 7) is 2.51. The number of nitrogens with one attached hydrogen (secondary N) is 1. The van der Waals surface area contributed by atoms with Crippen LogP contribution in [-0.4, -0.2) is 23.6 Å². The smallest absolute Gasteiger partial charge is 0.335 e. The average molecular weight is 510 g/mol. The molecule has 0 saturated carbocycles. The fourth-order valence-corrected chi connectivity index (χ4v) is 3.80. The Morgan fingerprint density at radius 1 is 1.12 bits per heavy atom. The summed E-state index contributed by atoms with van der Waals surface area (Å²) in [6.07, 6.45) is 1.63. The molecule has 1 aliphatic heterocycles. The molecule has 0 unspecified atom stereocenters. The molecule has 0 atom stereocenters. The van der Waals surface area contributed by atoms with Crippen LogP contribution in [-0.2, 0) is 11.4 Å². The second kappa shape index (κ2) is 9.79. The lowest BCUT2D eigenvalue weighted by atomic mass is 10.1. The van der Waals surface area contributed by atoms with Gasteiger partial charge in [-0.05, 0) is 76.5 Å². The van der Waals surface area contributed by atoms with E-state index < -0.39 is 5.97 Å². The van der Waals surface area contributed by atoms with Gasteiger partial charge in [-0.15, -0.1) is 0 Å². The van der Waals surface area contributed by atoms with Gasteiger partial charge in [0.25, 0.3) is 5.91 Å². The lowest BCUT2D eigenvalue weighted by Crippen LogP contribution is -2.23. The molecule has 8 heteroatoms. The van der Waals surface area contributed by atoms with Crippen molar-refractivity contribution >= 4 is 39.6 Å². The first-order valence-electron chi connectivity index (χ1n) is 10.2. The highest BCUT2D eigenvalue weighted by atomic mass is 79.9. The van der Waals surface area contributed by atoms with Crippen molar-refractivity contribution in [2.45, 2.75) is 13.5 Å². The number of anilines is 1. The van der Waals surface area contributed by atoms with Crippen LogP contribution >= 0.6 is 15.9 Å². The number of aromatic carboxylic acids is 1. The first-order chi connectivity index (χ1) is 15.9. The van der Waals surface area contributed by atoms with Gasteiger partial charge in [0.2, 0.25) is 0 Å². The van der Waals surface area contributed by atoms with Crippen molar-refractivity contribution in [3.63, 3.8) is 0 Å². The Bertz CT molecular complexity index is 1240. The second-order valence-corrected chi connectivity index (χ2v) is 7.97. The summed E-state index contributed by atoms with van der Waals surface area (Å²) in [5.41, 5.74) is 2.29. The van der Waals surface area contributed by atoms with Gasteiger partial charge < -0.3 is 24.6 Å². The van der Waals surface area contributed by atoms with Gasteiger partial charge in [-0.1, -0.05) is 24.3 Å². The highest BCUT2D eigenvalue weighted by molar-refractivity contribution is 9.10. The highest BCUT2D eigenvalue weighted by Crippen LogP contribution is 2.38. The van der Waals surface area contributed by atoms with Gasteiger partial charge in [-0.2, -0.15) is 0 Å². The van der Waals surface area contributed by atoms with E-state index in [-0.39, 0.29) is 23.8 Å². The molecule has 0 radical (unpaired) electrons. The molecule has 4 rings (SSSR count). The van der Waals surface area contributed by atoms with Gasteiger partial charge in [-0.3, -0.25) is 4.79 Å². The van der Waals surface area contributed by atoms with Crippen molar-refractivity contribution in [2.75, 3.05) is 11.9 Å². The van der Waals surface area contributed by atoms with Gasteiger partial charge in [0.1, 0.15) is 6.61 Å². The molecule has 3 aromatic carbocycles. The maximum absolute atomic E-state index is 12.5. The minimum atomic E-state index is -0.984. The fraction of sp³-hybridized carbons (Fsp3) is 0.120. The van der Waals surface area contributed by atoms with E-state index in [4.69, 9.17) is 19.3 Å². The van der Waals surface area contributed by atoms with Crippen LogP contribution in [0.1, 0.15) is 28.4 Å². The molecule has 0 bridgehead atoms. The zero-order valence-corrected chi connectivity index (χ0v) is 19.2. The van der Waals surface area contributed by atoms with Crippen LogP contribution in [0.5, 0.6) is 17.2 Å². The van der Waals surface area contributed by atoms with Gasteiger partial charge in [0.15, 0.2) is 23.0 Å². The summed E-state index contributed by atoms with van der Waals surface area (Å²) in [4.78, 5) is 23.5. The van der Waals surface area contributed by atoms with Crippen molar-refractivity contribution in [2.24, 2.45) is 0 Å². The fourth-order valence-electron chi connectivity index (χ4n) is 3.22. The lowest BCUT2D eigenvalue weighted by molar-refractivity contribution is -0.115.